The molecule has 1 heterocycles. The molecule has 5 heteroatoms. The minimum atomic E-state index is 0.0671. The van der Waals surface area contributed by atoms with Crippen molar-refractivity contribution in [1.29, 1.82) is 5.26 Å². The zero-order chi connectivity index (χ0) is 15.2. The smallest absolute Gasteiger partial charge is 0.224 e. The third kappa shape index (κ3) is 3.73. The average Bonchev–Trinajstić information content (AvgIpc) is 2.54. The number of amides is 1. The minimum absolute atomic E-state index is 0.0671. The number of nitrogens with one attached hydrogen (secondary N) is 1. The van der Waals surface area contributed by atoms with E-state index < -0.39 is 0 Å². The Kier molecular flexibility index (Phi) is 5.18. The number of benzene rings is 1. The molecule has 0 spiro atoms. The summed E-state index contributed by atoms with van der Waals surface area (Å²) in [5.41, 5.74) is 1.62. The molecular formula is C16H21N3O2. The van der Waals surface area contributed by atoms with E-state index in [1.807, 2.05) is 18.2 Å². The summed E-state index contributed by atoms with van der Waals surface area (Å²) in [7, 11) is 3.25. The Hall–Kier alpha value is -2.06. The summed E-state index contributed by atoms with van der Waals surface area (Å²) in [6, 6.07) is 7.82. The van der Waals surface area contributed by atoms with Gasteiger partial charge in [0.2, 0.25) is 5.91 Å². The van der Waals surface area contributed by atoms with E-state index in [9.17, 15) is 4.79 Å². The Morgan fingerprint density at radius 2 is 2.38 bits per heavy atom. The summed E-state index contributed by atoms with van der Waals surface area (Å²) in [6.45, 7) is 2.52. The minimum Gasteiger partial charge on any atom is -0.495 e. The molecule has 2 rings (SSSR count). The lowest BCUT2D eigenvalue weighted by molar-refractivity contribution is -0.126. The van der Waals surface area contributed by atoms with E-state index in [0.29, 0.717) is 11.3 Å². The number of rotatable bonds is 4. The van der Waals surface area contributed by atoms with Gasteiger partial charge in [-0.1, -0.05) is 6.07 Å². The van der Waals surface area contributed by atoms with E-state index in [1.165, 1.54) is 0 Å². The van der Waals surface area contributed by atoms with Crippen molar-refractivity contribution in [1.82, 2.24) is 10.2 Å². The summed E-state index contributed by atoms with van der Waals surface area (Å²) in [5, 5.41) is 11.9. The van der Waals surface area contributed by atoms with Crippen LogP contribution in [-0.4, -0.2) is 38.1 Å². The quantitative estimate of drug-likeness (QED) is 0.912. The highest BCUT2D eigenvalue weighted by Crippen LogP contribution is 2.22. The molecule has 0 aliphatic carbocycles. The van der Waals surface area contributed by atoms with Crippen LogP contribution in [0.25, 0.3) is 0 Å². The summed E-state index contributed by atoms with van der Waals surface area (Å²) in [5.74, 6) is 0.785. The van der Waals surface area contributed by atoms with Crippen LogP contribution in [0.15, 0.2) is 18.2 Å². The predicted molar refractivity (Wildman–Crippen MR) is 79.8 cm³/mol. The molecular weight excluding hydrogens is 266 g/mol. The SMILES string of the molecule is CNC(=O)C1CCCN(Cc2ccc(OC)c(C#N)c2)C1. The van der Waals surface area contributed by atoms with Gasteiger partial charge in [0.15, 0.2) is 0 Å². The molecule has 1 aromatic carbocycles. The number of hydrogen-bond donors (Lipinski definition) is 1. The van der Waals surface area contributed by atoms with Crippen LogP contribution in [0.4, 0.5) is 0 Å². The summed E-state index contributed by atoms with van der Waals surface area (Å²) >= 11 is 0. The van der Waals surface area contributed by atoms with Gasteiger partial charge in [-0.15, -0.1) is 0 Å². The van der Waals surface area contributed by atoms with Crippen molar-refractivity contribution in [2.75, 3.05) is 27.2 Å². The molecule has 1 aliphatic rings. The molecule has 0 bridgehead atoms. The maximum Gasteiger partial charge on any atom is 0.224 e. The standard InChI is InChI=1S/C16H21N3O2/c1-18-16(20)13-4-3-7-19(11-13)10-12-5-6-15(21-2)14(8-12)9-17/h5-6,8,13H,3-4,7,10-11H2,1-2H3,(H,18,20). The Morgan fingerprint density at radius 3 is 3.05 bits per heavy atom. The van der Waals surface area contributed by atoms with Crippen LogP contribution in [0, 0.1) is 17.2 Å². The van der Waals surface area contributed by atoms with Crippen molar-refractivity contribution >= 4 is 5.91 Å². The molecule has 0 aromatic heterocycles. The van der Waals surface area contributed by atoms with Crippen LogP contribution in [0.3, 0.4) is 0 Å². The number of nitrogens with zero attached hydrogens (tertiary/aromatic N) is 2. The molecule has 1 atom stereocenters. The van der Waals surface area contributed by atoms with Crippen molar-refractivity contribution < 1.29 is 9.53 Å². The Labute approximate surface area is 125 Å². The topological polar surface area (TPSA) is 65.4 Å². The molecule has 0 radical (unpaired) electrons. The lowest BCUT2D eigenvalue weighted by atomic mass is 9.96. The van der Waals surface area contributed by atoms with Crippen molar-refractivity contribution in [2.24, 2.45) is 5.92 Å². The Balaban J connectivity index is 2.04. The van der Waals surface area contributed by atoms with Crippen molar-refractivity contribution in [3.05, 3.63) is 29.3 Å². The van der Waals surface area contributed by atoms with Gasteiger partial charge in [0.1, 0.15) is 11.8 Å². The van der Waals surface area contributed by atoms with Gasteiger partial charge in [0.25, 0.3) is 0 Å². The van der Waals surface area contributed by atoms with Gasteiger partial charge < -0.3 is 10.1 Å². The van der Waals surface area contributed by atoms with Gasteiger partial charge in [-0.25, -0.2) is 0 Å². The van der Waals surface area contributed by atoms with Crippen molar-refractivity contribution in [2.45, 2.75) is 19.4 Å². The van der Waals surface area contributed by atoms with Gasteiger partial charge in [0, 0.05) is 20.1 Å². The van der Waals surface area contributed by atoms with E-state index >= 15 is 0 Å². The number of ether oxygens (including phenoxy) is 1. The first-order valence-corrected chi connectivity index (χ1v) is 7.19. The van der Waals surface area contributed by atoms with Crippen LogP contribution >= 0.6 is 0 Å². The Bertz CT molecular complexity index is 551. The number of methoxy groups -OCH3 is 1. The summed E-state index contributed by atoms with van der Waals surface area (Å²) in [6.07, 6.45) is 1.97. The molecule has 112 valence electrons. The fraction of sp³-hybridized carbons (Fsp3) is 0.500. The number of piperidine rings is 1. The van der Waals surface area contributed by atoms with E-state index in [0.717, 1.165) is 38.0 Å². The first-order valence-electron chi connectivity index (χ1n) is 7.19. The summed E-state index contributed by atoms with van der Waals surface area (Å²) in [4.78, 5) is 14.0. The third-order valence-corrected chi connectivity index (χ3v) is 3.91. The molecule has 21 heavy (non-hydrogen) atoms. The zero-order valence-electron chi connectivity index (χ0n) is 12.6. The molecule has 1 N–H and O–H groups in total. The van der Waals surface area contributed by atoms with Crippen LogP contribution in [0.1, 0.15) is 24.0 Å². The first-order chi connectivity index (χ1) is 10.2. The third-order valence-electron chi connectivity index (χ3n) is 3.91. The molecule has 1 aromatic rings. The number of nitriles is 1. The molecule has 1 fully saturated rings. The van der Waals surface area contributed by atoms with E-state index in [1.54, 1.807) is 14.2 Å². The van der Waals surface area contributed by atoms with E-state index in [-0.39, 0.29) is 11.8 Å². The number of hydrogen-bond acceptors (Lipinski definition) is 4. The lowest BCUT2D eigenvalue weighted by Crippen LogP contribution is -2.41. The second kappa shape index (κ2) is 7.09. The molecule has 1 saturated heterocycles. The monoisotopic (exact) mass is 287 g/mol. The van der Waals surface area contributed by atoms with Crippen molar-refractivity contribution in [3.63, 3.8) is 0 Å². The summed E-state index contributed by atoms with van der Waals surface area (Å²) < 4.78 is 5.16. The fourth-order valence-electron chi connectivity index (χ4n) is 2.82. The van der Waals surface area contributed by atoms with Gasteiger partial charge in [0.05, 0.1) is 18.6 Å². The molecule has 1 unspecified atom stereocenters. The Morgan fingerprint density at radius 1 is 1.57 bits per heavy atom. The highest BCUT2D eigenvalue weighted by molar-refractivity contribution is 5.78. The zero-order valence-corrected chi connectivity index (χ0v) is 12.6. The average molecular weight is 287 g/mol. The highest BCUT2D eigenvalue weighted by atomic mass is 16.5. The largest absolute Gasteiger partial charge is 0.495 e. The lowest BCUT2D eigenvalue weighted by Gasteiger charge is -2.31. The highest BCUT2D eigenvalue weighted by Gasteiger charge is 2.25. The first kappa shape index (κ1) is 15.3. The van der Waals surface area contributed by atoms with Gasteiger partial charge in [-0.05, 0) is 37.1 Å². The number of likely N-dealkylation sites (tertiary alicyclic amines) is 1. The van der Waals surface area contributed by atoms with Crippen molar-refractivity contribution in [3.8, 4) is 11.8 Å². The van der Waals surface area contributed by atoms with E-state index in [4.69, 9.17) is 10.00 Å². The number of carbonyl (C=O) groups is 1. The van der Waals surface area contributed by atoms with Gasteiger partial charge in [-0.2, -0.15) is 5.26 Å². The van der Waals surface area contributed by atoms with Crippen LogP contribution in [-0.2, 0) is 11.3 Å². The molecule has 1 aliphatic heterocycles. The molecule has 0 saturated carbocycles. The second-order valence-corrected chi connectivity index (χ2v) is 5.33. The van der Waals surface area contributed by atoms with E-state index in [2.05, 4.69) is 16.3 Å². The maximum absolute atomic E-state index is 11.8. The molecule has 1 amide bonds. The molecule has 5 nitrogen and oxygen atoms in total. The van der Waals surface area contributed by atoms with Crippen LogP contribution in [0.5, 0.6) is 5.75 Å². The number of carbonyl (C=O) groups excluding carboxylic acids is 1. The predicted octanol–water partition coefficient (Wildman–Crippen LogP) is 1.52. The van der Waals surface area contributed by atoms with Crippen LogP contribution in [0.2, 0.25) is 0 Å². The normalized spacial score (nSPS) is 18.8. The van der Waals surface area contributed by atoms with Crippen LogP contribution < -0.4 is 10.1 Å². The van der Waals surface area contributed by atoms with Gasteiger partial charge in [-0.3, -0.25) is 9.69 Å². The second-order valence-electron chi connectivity index (χ2n) is 5.33. The maximum atomic E-state index is 11.8. The fourth-order valence-corrected chi connectivity index (χ4v) is 2.82. The van der Waals surface area contributed by atoms with Gasteiger partial charge >= 0.3 is 0 Å².